The zero-order valence-corrected chi connectivity index (χ0v) is 15.8. The van der Waals surface area contributed by atoms with Crippen LogP contribution in [0.3, 0.4) is 0 Å². The van der Waals surface area contributed by atoms with Gasteiger partial charge in [-0.2, -0.15) is 0 Å². The van der Waals surface area contributed by atoms with Crippen LogP contribution < -0.4 is 10.4 Å². The van der Waals surface area contributed by atoms with E-state index in [1.54, 1.807) is 0 Å². The zero-order valence-electron chi connectivity index (χ0n) is 15.8. The predicted molar refractivity (Wildman–Crippen MR) is 114 cm³/mol. The standard InChI is InChI=1S/C25H26N2/c1-2-3-10-20-15-17-22(18-16-20)25-19-24(21-11-6-4-7-12-21)26-27(25)23-13-8-5-9-14-23/h4-9,11-19,25-26H,2-3,10H2,1H3. The van der Waals surface area contributed by atoms with Crippen molar-refractivity contribution in [2.24, 2.45) is 0 Å². The SMILES string of the molecule is CCCCc1ccc(C2C=C(c3ccccc3)NN2c2ccccc2)cc1. The molecule has 0 aliphatic carbocycles. The van der Waals surface area contributed by atoms with E-state index in [2.05, 4.69) is 108 Å². The van der Waals surface area contributed by atoms with Crippen molar-refractivity contribution >= 4 is 11.4 Å². The molecule has 0 spiro atoms. The van der Waals surface area contributed by atoms with Gasteiger partial charge in [-0.05, 0) is 47.7 Å². The van der Waals surface area contributed by atoms with Crippen molar-refractivity contribution in [2.75, 3.05) is 5.01 Å². The van der Waals surface area contributed by atoms with Gasteiger partial charge in [-0.15, -0.1) is 0 Å². The Labute approximate surface area is 162 Å². The molecular weight excluding hydrogens is 328 g/mol. The fourth-order valence-corrected chi connectivity index (χ4v) is 3.57. The van der Waals surface area contributed by atoms with Crippen LogP contribution in [0.4, 0.5) is 5.69 Å². The molecule has 1 aliphatic heterocycles. The molecule has 3 aromatic carbocycles. The minimum Gasteiger partial charge on any atom is -0.297 e. The molecule has 0 bridgehead atoms. The summed E-state index contributed by atoms with van der Waals surface area (Å²) in [6.45, 7) is 2.24. The molecule has 1 heterocycles. The third-order valence-corrected chi connectivity index (χ3v) is 5.10. The highest BCUT2D eigenvalue weighted by atomic mass is 15.5. The van der Waals surface area contributed by atoms with Crippen molar-refractivity contribution in [1.82, 2.24) is 5.43 Å². The van der Waals surface area contributed by atoms with E-state index in [-0.39, 0.29) is 6.04 Å². The van der Waals surface area contributed by atoms with Gasteiger partial charge in [-0.1, -0.05) is 86.1 Å². The monoisotopic (exact) mass is 354 g/mol. The first-order valence-corrected chi connectivity index (χ1v) is 9.82. The van der Waals surface area contributed by atoms with Crippen LogP contribution in [0.5, 0.6) is 0 Å². The van der Waals surface area contributed by atoms with E-state index in [4.69, 9.17) is 0 Å². The van der Waals surface area contributed by atoms with Crippen LogP contribution in [-0.2, 0) is 6.42 Å². The molecule has 27 heavy (non-hydrogen) atoms. The predicted octanol–water partition coefficient (Wildman–Crippen LogP) is 6.14. The highest BCUT2D eigenvalue weighted by molar-refractivity contribution is 5.72. The fraction of sp³-hybridized carbons (Fsp3) is 0.200. The number of nitrogens with one attached hydrogen (secondary N) is 1. The molecule has 3 aromatic rings. The summed E-state index contributed by atoms with van der Waals surface area (Å²) in [5.74, 6) is 0. The number of anilines is 1. The molecule has 1 aliphatic rings. The van der Waals surface area contributed by atoms with Crippen molar-refractivity contribution in [3.05, 3.63) is 108 Å². The molecule has 0 saturated carbocycles. The number of benzene rings is 3. The quantitative estimate of drug-likeness (QED) is 0.572. The molecule has 136 valence electrons. The van der Waals surface area contributed by atoms with Gasteiger partial charge in [0.15, 0.2) is 0 Å². The number of hydrazine groups is 1. The second kappa shape index (κ2) is 8.13. The van der Waals surface area contributed by atoms with Crippen LogP contribution in [0.1, 0.15) is 42.5 Å². The number of aryl methyl sites for hydroxylation is 1. The molecule has 1 N–H and O–H groups in total. The molecule has 0 aromatic heterocycles. The number of unbranched alkanes of at least 4 members (excludes halogenated alkanes) is 1. The third-order valence-electron chi connectivity index (χ3n) is 5.10. The molecule has 2 nitrogen and oxygen atoms in total. The third kappa shape index (κ3) is 3.90. The van der Waals surface area contributed by atoms with E-state index < -0.39 is 0 Å². The summed E-state index contributed by atoms with van der Waals surface area (Å²) in [4.78, 5) is 0. The average molecular weight is 354 g/mol. The van der Waals surface area contributed by atoms with E-state index >= 15 is 0 Å². The number of para-hydroxylation sites is 1. The smallest absolute Gasteiger partial charge is 0.0958 e. The summed E-state index contributed by atoms with van der Waals surface area (Å²) >= 11 is 0. The van der Waals surface area contributed by atoms with Gasteiger partial charge < -0.3 is 0 Å². The van der Waals surface area contributed by atoms with Crippen molar-refractivity contribution in [1.29, 1.82) is 0 Å². The van der Waals surface area contributed by atoms with Crippen molar-refractivity contribution in [2.45, 2.75) is 32.2 Å². The lowest BCUT2D eigenvalue weighted by molar-refractivity contribution is 0.723. The zero-order chi connectivity index (χ0) is 18.5. The summed E-state index contributed by atoms with van der Waals surface area (Å²) < 4.78 is 0. The van der Waals surface area contributed by atoms with E-state index in [0.717, 1.165) is 12.1 Å². The molecule has 2 heteroatoms. The van der Waals surface area contributed by atoms with E-state index in [9.17, 15) is 0 Å². The summed E-state index contributed by atoms with van der Waals surface area (Å²) in [6.07, 6.45) is 5.97. The Morgan fingerprint density at radius 1 is 0.815 bits per heavy atom. The van der Waals surface area contributed by atoms with Gasteiger partial charge in [0.25, 0.3) is 0 Å². The minimum absolute atomic E-state index is 0.169. The first-order chi connectivity index (χ1) is 13.3. The summed E-state index contributed by atoms with van der Waals surface area (Å²) in [5.41, 5.74) is 9.87. The Kier molecular flexibility index (Phi) is 5.24. The Morgan fingerprint density at radius 2 is 1.48 bits per heavy atom. The van der Waals surface area contributed by atoms with E-state index in [1.165, 1.54) is 35.2 Å². The van der Waals surface area contributed by atoms with Crippen molar-refractivity contribution in [3.8, 4) is 0 Å². The van der Waals surface area contributed by atoms with Gasteiger partial charge in [-0.25, -0.2) is 0 Å². The molecule has 0 fully saturated rings. The lowest BCUT2D eigenvalue weighted by Crippen LogP contribution is -2.33. The number of rotatable bonds is 6. The second-order valence-electron chi connectivity index (χ2n) is 7.05. The maximum atomic E-state index is 3.62. The van der Waals surface area contributed by atoms with Gasteiger partial charge in [0.1, 0.15) is 0 Å². The van der Waals surface area contributed by atoms with E-state index in [1.807, 2.05) is 0 Å². The molecule has 0 radical (unpaired) electrons. The molecule has 0 saturated heterocycles. The van der Waals surface area contributed by atoms with Crippen LogP contribution >= 0.6 is 0 Å². The maximum Gasteiger partial charge on any atom is 0.0958 e. The van der Waals surface area contributed by atoms with Gasteiger partial charge in [0.2, 0.25) is 0 Å². The summed E-state index contributed by atoms with van der Waals surface area (Å²) in [7, 11) is 0. The fourth-order valence-electron chi connectivity index (χ4n) is 3.57. The van der Waals surface area contributed by atoms with Crippen LogP contribution in [0.25, 0.3) is 5.70 Å². The Balaban J connectivity index is 1.66. The number of nitrogens with zero attached hydrogens (tertiary/aromatic N) is 1. The van der Waals surface area contributed by atoms with Crippen molar-refractivity contribution < 1.29 is 0 Å². The highest BCUT2D eigenvalue weighted by Crippen LogP contribution is 2.34. The molecule has 4 rings (SSSR count). The van der Waals surface area contributed by atoms with Crippen LogP contribution in [0.2, 0.25) is 0 Å². The van der Waals surface area contributed by atoms with Gasteiger partial charge in [-0.3, -0.25) is 10.4 Å². The number of hydrogen-bond donors (Lipinski definition) is 1. The Morgan fingerprint density at radius 3 is 2.15 bits per heavy atom. The van der Waals surface area contributed by atoms with Crippen LogP contribution in [-0.4, -0.2) is 0 Å². The molecular formula is C25H26N2. The average Bonchev–Trinajstić information content (AvgIpc) is 3.19. The molecule has 1 atom stereocenters. The highest BCUT2D eigenvalue weighted by Gasteiger charge is 2.26. The summed E-state index contributed by atoms with van der Waals surface area (Å²) in [5, 5.41) is 2.25. The number of hydrogen-bond acceptors (Lipinski definition) is 2. The second-order valence-corrected chi connectivity index (χ2v) is 7.05. The normalized spacial score (nSPS) is 16.1. The lowest BCUT2D eigenvalue weighted by Gasteiger charge is -2.27. The first kappa shape index (κ1) is 17.4. The molecule has 0 amide bonds. The summed E-state index contributed by atoms with van der Waals surface area (Å²) in [6, 6.07) is 30.3. The van der Waals surface area contributed by atoms with Crippen LogP contribution in [0.15, 0.2) is 91.0 Å². The van der Waals surface area contributed by atoms with Gasteiger partial charge >= 0.3 is 0 Å². The topological polar surface area (TPSA) is 15.3 Å². The Hall–Kier alpha value is -3.00. The Bertz CT molecular complexity index is 883. The van der Waals surface area contributed by atoms with Gasteiger partial charge in [0, 0.05) is 0 Å². The van der Waals surface area contributed by atoms with E-state index in [0.29, 0.717) is 0 Å². The largest absolute Gasteiger partial charge is 0.297 e. The van der Waals surface area contributed by atoms with Gasteiger partial charge in [0.05, 0.1) is 17.4 Å². The maximum absolute atomic E-state index is 3.62. The molecule has 1 unspecified atom stereocenters. The van der Waals surface area contributed by atoms with Crippen LogP contribution in [0, 0.1) is 0 Å². The lowest BCUT2D eigenvalue weighted by atomic mass is 10.0. The van der Waals surface area contributed by atoms with Crippen molar-refractivity contribution in [3.63, 3.8) is 0 Å². The minimum atomic E-state index is 0.169. The first-order valence-electron chi connectivity index (χ1n) is 9.82.